The normalized spacial score (nSPS) is 13.9. The standard InChI is InChI=1S/C25H25FN8O3/c1-25(2)23(36)32-18-10-15(6-7-20(18)37-25)30-22-17(26)13-28-24(33-22)31-16-5-4-14-12-29-34(19(14)11-16)9-8-21(35)27-3/h4-7,10-13H,8-9H2,1-3H3,(H,27,35)(H,32,36)(H2,28,30,31,33). The highest BCUT2D eigenvalue weighted by molar-refractivity contribution is 6.00. The quantitative estimate of drug-likeness (QED) is 0.299. The molecule has 0 saturated heterocycles. The van der Waals surface area contributed by atoms with Crippen molar-refractivity contribution in [2.75, 3.05) is 23.0 Å². The van der Waals surface area contributed by atoms with E-state index in [0.29, 0.717) is 35.8 Å². The van der Waals surface area contributed by atoms with E-state index in [1.165, 1.54) is 0 Å². The highest BCUT2D eigenvalue weighted by Gasteiger charge is 2.35. The van der Waals surface area contributed by atoms with E-state index >= 15 is 0 Å². The van der Waals surface area contributed by atoms with Crippen LogP contribution in [-0.2, 0) is 16.1 Å². The molecular formula is C25H25FN8O3. The van der Waals surface area contributed by atoms with Crippen LogP contribution in [0.1, 0.15) is 20.3 Å². The predicted octanol–water partition coefficient (Wildman–Crippen LogP) is 3.70. The number of rotatable bonds is 7. The molecule has 2 aromatic carbocycles. The van der Waals surface area contributed by atoms with E-state index in [2.05, 4.69) is 36.3 Å². The maximum atomic E-state index is 14.5. The number of benzene rings is 2. The van der Waals surface area contributed by atoms with E-state index in [1.807, 2.05) is 18.2 Å². The van der Waals surface area contributed by atoms with Crippen LogP contribution >= 0.6 is 0 Å². The first-order valence-electron chi connectivity index (χ1n) is 11.6. The van der Waals surface area contributed by atoms with Crippen molar-refractivity contribution in [2.45, 2.75) is 32.4 Å². The third-order valence-electron chi connectivity index (χ3n) is 5.88. The Labute approximate surface area is 211 Å². The molecule has 0 saturated carbocycles. The van der Waals surface area contributed by atoms with Gasteiger partial charge in [-0.3, -0.25) is 14.3 Å². The summed E-state index contributed by atoms with van der Waals surface area (Å²) in [5.74, 6) is -0.342. The fourth-order valence-electron chi connectivity index (χ4n) is 3.83. The number of halogens is 1. The first kappa shape index (κ1) is 24.0. The van der Waals surface area contributed by atoms with Crippen molar-refractivity contribution in [3.63, 3.8) is 0 Å². The summed E-state index contributed by atoms with van der Waals surface area (Å²) in [4.78, 5) is 32.1. The Hall–Kier alpha value is -4.74. The Morgan fingerprint density at radius 2 is 1.92 bits per heavy atom. The number of hydrogen-bond donors (Lipinski definition) is 4. The first-order chi connectivity index (χ1) is 17.7. The fourth-order valence-corrected chi connectivity index (χ4v) is 3.83. The summed E-state index contributed by atoms with van der Waals surface area (Å²) in [6.07, 6.45) is 3.10. The lowest BCUT2D eigenvalue weighted by Gasteiger charge is -2.31. The maximum Gasteiger partial charge on any atom is 0.268 e. The molecule has 37 heavy (non-hydrogen) atoms. The molecule has 0 fully saturated rings. The van der Waals surface area contributed by atoms with Gasteiger partial charge in [-0.15, -0.1) is 0 Å². The summed E-state index contributed by atoms with van der Waals surface area (Å²) >= 11 is 0. The van der Waals surface area contributed by atoms with Gasteiger partial charge in [0.25, 0.3) is 5.91 Å². The van der Waals surface area contributed by atoms with E-state index in [1.54, 1.807) is 50.0 Å². The first-order valence-corrected chi connectivity index (χ1v) is 11.6. The van der Waals surface area contributed by atoms with Gasteiger partial charge in [0.05, 0.1) is 30.1 Å². The van der Waals surface area contributed by atoms with Crippen LogP contribution in [0, 0.1) is 5.82 Å². The minimum Gasteiger partial charge on any atom is -0.476 e. The molecule has 5 rings (SSSR count). The van der Waals surface area contributed by atoms with Crippen LogP contribution < -0.4 is 26.0 Å². The molecule has 1 aliphatic heterocycles. The van der Waals surface area contributed by atoms with Crippen molar-refractivity contribution in [3.05, 3.63) is 54.6 Å². The SMILES string of the molecule is CNC(=O)CCn1ncc2ccc(Nc3ncc(F)c(Nc4ccc5c(c4)NC(=O)C(C)(C)O5)n3)cc21. The van der Waals surface area contributed by atoms with E-state index in [0.717, 1.165) is 17.1 Å². The molecule has 3 heterocycles. The number of fused-ring (bicyclic) bond motifs is 2. The number of anilines is 5. The van der Waals surface area contributed by atoms with Gasteiger partial charge < -0.3 is 26.0 Å². The molecule has 0 aliphatic carbocycles. The van der Waals surface area contributed by atoms with Gasteiger partial charge in [-0.05, 0) is 50.2 Å². The van der Waals surface area contributed by atoms with Crippen LogP contribution in [0.3, 0.4) is 0 Å². The van der Waals surface area contributed by atoms with Gasteiger partial charge in [0.15, 0.2) is 17.2 Å². The molecular weight excluding hydrogens is 479 g/mol. The topological polar surface area (TPSA) is 135 Å². The largest absolute Gasteiger partial charge is 0.476 e. The number of aromatic nitrogens is 4. The molecule has 1 aliphatic rings. The minimum atomic E-state index is -0.980. The van der Waals surface area contributed by atoms with Crippen molar-refractivity contribution < 1.29 is 18.7 Å². The second-order valence-electron chi connectivity index (χ2n) is 8.98. The van der Waals surface area contributed by atoms with E-state index in [-0.39, 0.29) is 23.6 Å². The third-order valence-corrected chi connectivity index (χ3v) is 5.88. The van der Waals surface area contributed by atoms with Crippen molar-refractivity contribution in [1.82, 2.24) is 25.1 Å². The molecule has 0 bridgehead atoms. The monoisotopic (exact) mass is 504 g/mol. The van der Waals surface area contributed by atoms with Crippen molar-refractivity contribution in [2.24, 2.45) is 0 Å². The molecule has 0 atom stereocenters. The van der Waals surface area contributed by atoms with Crippen LogP contribution in [0.2, 0.25) is 0 Å². The van der Waals surface area contributed by atoms with Crippen LogP contribution in [0.25, 0.3) is 10.9 Å². The average molecular weight is 505 g/mol. The lowest BCUT2D eigenvalue weighted by molar-refractivity contribution is -0.129. The Bertz CT molecular complexity index is 1520. The number of carbonyl (C=O) groups is 2. The molecule has 2 aromatic heterocycles. The molecule has 12 heteroatoms. The zero-order valence-corrected chi connectivity index (χ0v) is 20.4. The van der Waals surface area contributed by atoms with E-state index in [4.69, 9.17) is 4.74 Å². The van der Waals surface area contributed by atoms with Gasteiger partial charge in [0, 0.05) is 30.2 Å². The predicted molar refractivity (Wildman–Crippen MR) is 137 cm³/mol. The van der Waals surface area contributed by atoms with Gasteiger partial charge in [-0.1, -0.05) is 0 Å². The minimum absolute atomic E-state index is 0.0440. The van der Waals surface area contributed by atoms with Crippen LogP contribution in [0.15, 0.2) is 48.8 Å². The summed E-state index contributed by atoms with van der Waals surface area (Å²) in [5, 5.41) is 16.7. The number of aryl methyl sites for hydroxylation is 1. The Morgan fingerprint density at radius 1 is 1.14 bits per heavy atom. The van der Waals surface area contributed by atoms with Crippen LogP contribution in [0.4, 0.5) is 33.2 Å². The second-order valence-corrected chi connectivity index (χ2v) is 8.98. The summed E-state index contributed by atoms with van der Waals surface area (Å²) in [6, 6.07) is 10.6. The summed E-state index contributed by atoms with van der Waals surface area (Å²) in [6.45, 7) is 3.79. The Balaban J connectivity index is 1.34. The Kier molecular flexibility index (Phi) is 6.07. The third kappa shape index (κ3) is 4.99. The summed E-state index contributed by atoms with van der Waals surface area (Å²) in [5.41, 5.74) is 1.50. The van der Waals surface area contributed by atoms with Crippen molar-refractivity contribution in [3.8, 4) is 5.75 Å². The summed E-state index contributed by atoms with van der Waals surface area (Å²) < 4.78 is 22.0. The molecule has 2 amide bonds. The average Bonchev–Trinajstić information content (AvgIpc) is 3.27. The van der Waals surface area contributed by atoms with Gasteiger partial charge in [0.2, 0.25) is 11.9 Å². The smallest absolute Gasteiger partial charge is 0.268 e. The molecule has 190 valence electrons. The number of nitrogens with one attached hydrogen (secondary N) is 4. The van der Waals surface area contributed by atoms with Crippen LogP contribution in [0.5, 0.6) is 5.75 Å². The lowest BCUT2D eigenvalue weighted by Crippen LogP contribution is -2.45. The maximum absolute atomic E-state index is 14.5. The number of ether oxygens (including phenoxy) is 1. The molecule has 4 aromatic rings. The number of hydrogen-bond acceptors (Lipinski definition) is 8. The molecule has 0 spiro atoms. The van der Waals surface area contributed by atoms with Crippen LogP contribution in [-0.4, -0.2) is 44.2 Å². The highest BCUT2D eigenvalue weighted by atomic mass is 19.1. The van der Waals surface area contributed by atoms with Gasteiger partial charge in [-0.2, -0.15) is 10.1 Å². The Morgan fingerprint density at radius 3 is 2.73 bits per heavy atom. The molecule has 11 nitrogen and oxygen atoms in total. The number of carbonyl (C=O) groups excluding carboxylic acids is 2. The van der Waals surface area contributed by atoms with Gasteiger partial charge in [0.1, 0.15) is 5.75 Å². The molecule has 0 unspecified atom stereocenters. The number of nitrogens with zero attached hydrogens (tertiary/aromatic N) is 4. The number of amides is 2. The van der Waals surface area contributed by atoms with E-state index < -0.39 is 11.4 Å². The van der Waals surface area contributed by atoms with E-state index in [9.17, 15) is 14.0 Å². The summed E-state index contributed by atoms with van der Waals surface area (Å²) in [7, 11) is 1.59. The second kappa shape index (κ2) is 9.37. The fraction of sp³-hybridized carbons (Fsp3) is 0.240. The highest BCUT2D eigenvalue weighted by Crippen LogP contribution is 2.36. The van der Waals surface area contributed by atoms with Crippen molar-refractivity contribution in [1.29, 1.82) is 0 Å². The van der Waals surface area contributed by atoms with Gasteiger partial charge >= 0.3 is 0 Å². The molecule has 0 radical (unpaired) electrons. The molecule has 4 N–H and O–H groups in total. The lowest BCUT2D eigenvalue weighted by atomic mass is 10.1. The van der Waals surface area contributed by atoms with Crippen molar-refractivity contribution >= 4 is 51.5 Å². The zero-order valence-electron chi connectivity index (χ0n) is 20.4. The zero-order chi connectivity index (χ0) is 26.2. The van der Waals surface area contributed by atoms with Gasteiger partial charge in [-0.25, -0.2) is 9.37 Å².